The molecular weight excluding hydrogens is 246 g/mol. The molecular formula is C17H21N3. The summed E-state index contributed by atoms with van der Waals surface area (Å²) in [7, 11) is 2.05. The van der Waals surface area contributed by atoms with E-state index in [0.29, 0.717) is 0 Å². The molecule has 0 saturated carbocycles. The van der Waals surface area contributed by atoms with Crippen molar-refractivity contribution < 1.29 is 0 Å². The van der Waals surface area contributed by atoms with Crippen LogP contribution in [0, 0.1) is 19.3 Å². The number of nitrogens with zero attached hydrogens (tertiary/aromatic N) is 1. The van der Waals surface area contributed by atoms with E-state index in [1.165, 1.54) is 16.7 Å². The second-order valence-corrected chi connectivity index (χ2v) is 5.32. The summed E-state index contributed by atoms with van der Waals surface area (Å²) in [5, 5.41) is 7.51. The minimum Gasteiger partial charge on any atom is -0.384 e. The summed E-state index contributed by atoms with van der Waals surface area (Å²) in [6.45, 7) is 5.07. The Labute approximate surface area is 120 Å². The van der Waals surface area contributed by atoms with Crippen molar-refractivity contribution in [2.75, 3.05) is 11.9 Å². The topological polar surface area (TPSA) is 53.1 Å². The molecule has 0 spiro atoms. The van der Waals surface area contributed by atoms with Crippen LogP contribution < -0.4 is 10.6 Å². The van der Waals surface area contributed by atoms with Gasteiger partial charge >= 0.3 is 0 Å². The van der Waals surface area contributed by atoms with Crippen LogP contribution in [0.5, 0.6) is 0 Å². The Morgan fingerprint density at radius 1 is 1.10 bits per heavy atom. The molecule has 0 radical (unpaired) electrons. The molecule has 0 saturated heterocycles. The highest BCUT2D eigenvalue weighted by Crippen LogP contribution is 2.18. The third-order valence-electron chi connectivity index (χ3n) is 3.30. The molecule has 0 amide bonds. The third kappa shape index (κ3) is 3.38. The molecule has 0 heterocycles. The molecule has 3 nitrogen and oxygen atoms in total. The molecule has 0 aliphatic carbocycles. The normalized spacial score (nSPS) is 10.3. The first-order valence-corrected chi connectivity index (χ1v) is 6.68. The van der Waals surface area contributed by atoms with Crippen LogP contribution >= 0.6 is 0 Å². The van der Waals surface area contributed by atoms with Gasteiger partial charge in [0.1, 0.15) is 5.84 Å². The average Bonchev–Trinajstić information content (AvgIpc) is 2.37. The Bertz CT molecular complexity index is 612. The zero-order valence-corrected chi connectivity index (χ0v) is 12.3. The second-order valence-electron chi connectivity index (χ2n) is 5.32. The summed E-state index contributed by atoms with van der Waals surface area (Å²) in [6, 6.07) is 14.4. The lowest BCUT2D eigenvalue weighted by molar-refractivity contribution is 0.919. The first kappa shape index (κ1) is 14.1. The maximum Gasteiger partial charge on any atom is 0.122 e. The van der Waals surface area contributed by atoms with Crippen molar-refractivity contribution in [2.24, 2.45) is 5.73 Å². The number of hydrogen-bond donors (Lipinski definition) is 2. The summed E-state index contributed by atoms with van der Waals surface area (Å²) in [6.07, 6.45) is 0. The lowest BCUT2D eigenvalue weighted by Crippen LogP contribution is -2.18. The number of nitrogens with one attached hydrogen (secondary N) is 1. The van der Waals surface area contributed by atoms with Crippen molar-refractivity contribution in [1.82, 2.24) is 0 Å². The minimum atomic E-state index is 0.103. The van der Waals surface area contributed by atoms with Gasteiger partial charge in [-0.2, -0.15) is 0 Å². The van der Waals surface area contributed by atoms with E-state index in [9.17, 15) is 0 Å². The lowest BCUT2D eigenvalue weighted by atomic mass is 10.1. The highest BCUT2D eigenvalue weighted by Gasteiger charge is 2.05. The molecule has 2 rings (SSSR count). The van der Waals surface area contributed by atoms with Crippen LogP contribution in [-0.2, 0) is 6.54 Å². The number of aryl methyl sites for hydroxylation is 2. The Kier molecular flexibility index (Phi) is 4.08. The zero-order valence-electron chi connectivity index (χ0n) is 12.3. The standard InChI is InChI=1S/C17H21N3/c1-12-7-13(2)9-14(8-12)11-20(3)16-6-4-5-15(10-16)17(18)19/h4-10H,11H2,1-3H3,(H3,18,19). The average molecular weight is 267 g/mol. The Morgan fingerprint density at radius 3 is 2.35 bits per heavy atom. The SMILES string of the molecule is Cc1cc(C)cc(CN(C)c2cccc(C(=N)N)c2)c1. The molecule has 104 valence electrons. The molecule has 0 unspecified atom stereocenters. The van der Waals surface area contributed by atoms with E-state index in [2.05, 4.69) is 44.0 Å². The molecule has 0 fully saturated rings. The summed E-state index contributed by atoms with van der Waals surface area (Å²) in [5.74, 6) is 0.103. The van der Waals surface area contributed by atoms with E-state index in [0.717, 1.165) is 17.8 Å². The van der Waals surface area contributed by atoms with Gasteiger partial charge in [-0.05, 0) is 31.5 Å². The molecule has 0 atom stereocenters. The highest BCUT2D eigenvalue weighted by atomic mass is 15.1. The predicted octanol–water partition coefficient (Wildman–Crippen LogP) is 3.22. The van der Waals surface area contributed by atoms with Crippen LogP contribution in [0.25, 0.3) is 0 Å². The summed E-state index contributed by atoms with van der Waals surface area (Å²) >= 11 is 0. The maximum absolute atomic E-state index is 7.51. The van der Waals surface area contributed by atoms with Crippen LogP contribution in [-0.4, -0.2) is 12.9 Å². The number of nitrogen functional groups attached to an aromatic ring is 1. The van der Waals surface area contributed by atoms with Gasteiger partial charge in [0.15, 0.2) is 0 Å². The third-order valence-corrected chi connectivity index (χ3v) is 3.30. The molecule has 20 heavy (non-hydrogen) atoms. The van der Waals surface area contributed by atoms with Gasteiger partial charge in [-0.25, -0.2) is 0 Å². The Hall–Kier alpha value is -2.29. The van der Waals surface area contributed by atoms with Gasteiger partial charge in [-0.15, -0.1) is 0 Å². The minimum absolute atomic E-state index is 0.103. The molecule has 0 aliphatic rings. The van der Waals surface area contributed by atoms with Crippen LogP contribution in [0.15, 0.2) is 42.5 Å². The van der Waals surface area contributed by atoms with Gasteiger partial charge in [-0.3, -0.25) is 5.41 Å². The number of amidine groups is 1. The van der Waals surface area contributed by atoms with E-state index >= 15 is 0 Å². The number of hydrogen-bond acceptors (Lipinski definition) is 2. The lowest BCUT2D eigenvalue weighted by Gasteiger charge is -2.20. The van der Waals surface area contributed by atoms with E-state index in [1.54, 1.807) is 0 Å². The van der Waals surface area contributed by atoms with Crippen molar-refractivity contribution in [3.63, 3.8) is 0 Å². The van der Waals surface area contributed by atoms with Crippen LogP contribution in [0.2, 0.25) is 0 Å². The molecule has 2 aromatic carbocycles. The second kappa shape index (κ2) is 5.78. The van der Waals surface area contributed by atoms with Crippen LogP contribution in [0.3, 0.4) is 0 Å². The maximum atomic E-state index is 7.51. The molecule has 0 aliphatic heterocycles. The first-order chi connectivity index (χ1) is 9.45. The van der Waals surface area contributed by atoms with Crippen molar-refractivity contribution in [3.05, 3.63) is 64.7 Å². The monoisotopic (exact) mass is 267 g/mol. The molecule has 0 bridgehead atoms. The largest absolute Gasteiger partial charge is 0.384 e. The molecule has 3 N–H and O–H groups in total. The van der Waals surface area contributed by atoms with E-state index in [4.69, 9.17) is 11.1 Å². The Balaban J connectivity index is 2.21. The van der Waals surface area contributed by atoms with E-state index in [1.807, 2.05) is 24.3 Å². The van der Waals surface area contributed by atoms with Crippen LogP contribution in [0.1, 0.15) is 22.3 Å². The fraction of sp³-hybridized carbons (Fsp3) is 0.235. The van der Waals surface area contributed by atoms with Gasteiger partial charge in [0.25, 0.3) is 0 Å². The van der Waals surface area contributed by atoms with Crippen molar-refractivity contribution >= 4 is 11.5 Å². The van der Waals surface area contributed by atoms with Gasteiger partial charge in [-0.1, -0.05) is 41.5 Å². The molecule has 0 aromatic heterocycles. The summed E-state index contributed by atoms with van der Waals surface area (Å²) < 4.78 is 0. The fourth-order valence-corrected chi connectivity index (χ4v) is 2.44. The predicted molar refractivity (Wildman–Crippen MR) is 85.5 cm³/mol. The number of benzene rings is 2. The van der Waals surface area contributed by atoms with Crippen molar-refractivity contribution in [1.29, 1.82) is 5.41 Å². The van der Waals surface area contributed by atoms with Crippen LogP contribution in [0.4, 0.5) is 5.69 Å². The fourth-order valence-electron chi connectivity index (χ4n) is 2.44. The number of anilines is 1. The number of rotatable bonds is 4. The quantitative estimate of drug-likeness (QED) is 0.660. The Morgan fingerprint density at radius 2 is 1.75 bits per heavy atom. The summed E-state index contributed by atoms with van der Waals surface area (Å²) in [4.78, 5) is 2.17. The zero-order chi connectivity index (χ0) is 14.7. The number of nitrogens with two attached hydrogens (primary N) is 1. The van der Waals surface area contributed by atoms with Gasteiger partial charge in [0, 0.05) is 24.8 Å². The van der Waals surface area contributed by atoms with Gasteiger partial charge < -0.3 is 10.6 Å². The smallest absolute Gasteiger partial charge is 0.122 e. The van der Waals surface area contributed by atoms with Crippen molar-refractivity contribution in [3.8, 4) is 0 Å². The highest BCUT2D eigenvalue weighted by molar-refractivity contribution is 5.95. The van der Waals surface area contributed by atoms with Gasteiger partial charge in [0.05, 0.1) is 0 Å². The van der Waals surface area contributed by atoms with Gasteiger partial charge in [0.2, 0.25) is 0 Å². The first-order valence-electron chi connectivity index (χ1n) is 6.68. The van der Waals surface area contributed by atoms with E-state index < -0.39 is 0 Å². The van der Waals surface area contributed by atoms with E-state index in [-0.39, 0.29) is 5.84 Å². The molecule has 2 aromatic rings. The summed E-state index contributed by atoms with van der Waals surface area (Å²) in [5.41, 5.74) is 11.2. The van der Waals surface area contributed by atoms with Crippen molar-refractivity contribution in [2.45, 2.75) is 20.4 Å². The molecule has 3 heteroatoms.